The highest BCUT2D eigenvalue weighted by Crippen LogP contribution is 2.31. The van der Waals surface area contributed by atoms with E-state index in [1.165, 1.54) is 6.92 Å². The number of hydrogen-bond donors (Lipinski definition) is 1. The van der Waals surface area contributed by atoms with Crippen LogP contribution in [0.5, 0.6) is 0 Å². The van der Waals surface area contributed by atoms with Crippen LogP contribution in [0.25, 0.3) is 11.2 Å². The van der Waals surface area contributed by atoms with Crippen LogP contribution in [0.4, 0.5) is 0 Å². The van der Waals surface area contributed by atoms with E-state index >= 15 is 0 Å². The molecule has 1 saturated heterocycles. The fourth-order valence-electron chi connectivity index (χ4n) is 3.56. The van der Waals surface area contributed by atoms with Crippen molar-refractivity contribution in [3.05, 3.63) is 18.1 Å². The summed E-state index contributed by atoms with van der Waals surface area (Å²) in [4.78, 5) is 22.6. The number of carbonyl (C=O) groups is 1. The van der Waals surface area contributed by atoms with Gasteiger partial charge < -0.3 is 10.2 Å². The average molecular weight is 344 g/mol. The van der Waals surface area contributed by atoms with Gasteiger partial charge in [-0.2, -0.15) is 5.10 Å². The highest BCUT2D eigenvalue weighted by atomic mass is 16.1. The predicted octanol–water partition coefficient (Wildman–Crippen LogP) is 1.80. The maximum absolute atomic E-state index is 11.1. The van der Waals surface area contributed by atoms with Crippen molar-refractivity contribution in [2.45, 2.75) is 46.6 Å². The molecule has 0 aliphatic carbocycles. The first kappa shape index (κ1) is 17.8. The topological polar surface area (TPSA) is 75.9 Å². The van der Waals surface area contributed by atoms with Gasteiger partial charge in [-0.25, -0.2) is 14.6 Å². The molecule has 0 saturated carbocycles. The van der Waals surface area contributed by atoms with E-state index in [-0.39, 0.29) is 5.91 Å². The van der Waals surface area contributed by atoms with E-state index in [0.29, 0.717) is 24.4 Å². The summed E-state index contributed by atoms with van der Waals surface area (Å²) in [7, 11) is 0. The number of hydrogen-bond acceptors (Lipinski definition) is 5. The van der Waals surface area contributed by atoms with Crippen molar-refractivity contribution in [1.29, 1.82) is 0 Å². The number of amides is 1. The molecule has 3 heterocycles. The van der Waals surface area contributed by atoms with Gasteiger partial charge in [-0.05, 0) is 18.4 Å². The van der Waals surface area contributed by atoms with Crippen molar-refractivity contribution in [1.82, 2.24) is 30.0 Å². The van der Waals surface area contributed by atoms with E-state index in [9.17, 15) is 4.79 Å². The minimum Gasteiger partial charge on any atom is -0.354 e. The Kier molecular flexibility index (Phi) is 5.03. The minimum atomic E-state index is -0.0311. The Morgan fingerprint density at radius 1 is 1.32 bits per heavy atom. The van der Waals surface area contributed by atoms with Crippen LogP contribution in [0, 0.1) is 5.41 Å². The molecule has 7 heteroatoms. The van der Waals surface area contributed by atoms with Gasteiger partial charge in [0, 0.05) is 44.9 Å². The quantitative estimate of drug-likeness (QED) is 0.895. The van der Waals surface area contributed by atoms with Crippen LogP contribution < -0.4 is 5.32 Å². The largest absolute Gasteiger partial charge is 0.354 e. The van der Waals surface area contributed by atoms with E-state index < -0.39 is 0 Å². The Labute approximate surface area is 148 Å². The standard InChI is InChI=1S/C18H28N6O/c1-13(25)19-8-10-24-17-16(20-6-7-21-17)15(22-24)14-5-9-23(11-14)12-18(2,3)4/h6-7,14H,5,8-12H2,1-4H3,(H,19,25). The number of rotatable bonds is 5. The molecule has 0 radical (unpaired) electrons. The summed E-state index contributed by atoms with van der Waals surface area (Å²) in [5.74, 6) is 0.361. The van der Waals surface area contributed by atoms with Gasteiger partial charge in [0.05, 0.1) is 12.2 Å². The summed E-state index contributed by atoms with van der Waals surface area (Å²) in [6.07, 6.45) is 4.53. The number of aromatic nitrogens is 4. The normalized spacial score (nSPS) is 18.8. The molecule has 25 heavy (non-hydrogen) atoms. The molecule has 1 fully saturated rings. The summed E-state index contributed by atoms with van der Waals surface area (Å²) >= 11 is 0. The Morgan fingerprint density at radius 3 is 2.80 bits per heavy atom. The Bertz CT molecular complexity index is 748. The number of nitrogens with one attached hydrogen (secondary N) is 1. The monoisotopic (exact) mass is 344 g/mol. The first-order chi connectivity index (χ1) is 11.8. The molecule has 0 bridgehead atoms. The minimum absolute atomic E-state index is 0.0311. The third-order valence-corrected chi connectivity index (χ3v) is 4.45. The van der Waals surface area contributed by atoms with Crippen LogP contribution in [0.2, 0.25) is 0 Å². The lowest BCUT2D eigenvalue weighted by atomic mass is 9.96. The Morgan fingerprint density at radius 2 is 2.08 bits per heavy atom. The molecule has 1 amide bonds. The lowest BCUT2D eigenvalue weighted by molar-refractivity contribution is -0.118. The number of carbonyl (C=O) groups excluding carboxylic acids is 1. The molecule has 1 atom stereocenters. The average Bonchev–Trinajstić information content (AvgIpc) is 3.10. The maximum atomic E-state index is 11.1. The van der Waals surface area contributed by atoms with Crippen molar-refractivity contribution in [3.63, 3.8) is 0 Å². The second-order valence-electron chi connectivity index (χ2n) is 8.10. The number of fused-ring (bicyclic) bond motifs is 1. The van der Waals surface area contributed by atoms with Crippen molar-refractivity contribution in [2.24, 2.45) is 5.41 Å². The number of likely N-dealkylation sites (tertiary alicyclic amines) is 1. The van der Waals surface area contributed by atoms with E-state index in [1.807, 2.05) is 4.68 Å². The molecule has 0 spiro atoms. The van der Waals surface area contributed by atoms with Crippen LogP contribution in [0.15, 0.2) is 12.4 Å². The van der Waals surface area contributed by atoms with Crippen molar-refractivity contribution >= 4 is 17.1 Å². The summed E-state index contributed by atoms with van der Waals surface area (Å²) in [5, 5.41) is 7.63. The molecule has 2 aromatic heterocycles. The van der Waals surface area contributed by atoms with Crippen molar-refractivity contribution in [2.75, 3.05) is 26.2 Å². The maximum Gasteiger partial charge on any atom is 0.216 e. The number of nitrogens with zero attached hydrogens (tertiary/aromatic N) is 5. The lowest BCUT2D eigenvalue weighted by Crippen LogP contribution is -2.30. The highest BCUT2D eigenvalue weighted by Gasteiger charge is 2.30. The van der Waals surface area contributed by atoms with Crippen LogP contribution >= 0.6 is 0 Å². The fraction of sp³-hybridized carbons (Fsp3) is 0.667. The second kappa shape index (κ2) is 7.07. The Balaban J connectivity index is 1.79. The zero-order valence-corrected chi connectivity index (χ0v) is 15.6. The van der Waals surface area contributed by atoms with E-state index in [4.69, 9.17) is 5.10 Å². The van der Waals surface area contributed by atoms with Gasteiger partial charge >= 0.3 is 0 Å². The third-order valence-electron chi connectivity index (χ3n) is 4.45. The molecule has 136 valence electrons. The zero-order chi connectivity index (χ0) is 18.0. The van der Waals surface area contributed by atoms with Crippen LogP contribution in [-0.2, 0) is 11.3 Å². The first-order valence-electron chi connectivity index (χ1n) is 8.98. The molecule has 1 N–H and O–H groups in total. The molecule has 0 aromatic carbocycles. The highest BCUT2D eigenvalue weighted by molar-refractivity contribution is 5.74. The second-order valence-corrected chi connectivity index (χ2v) is 8.10. The van der Waals surface area contributed by atoms with Crippen LogP contribution in [0.3, 0.4) is 0 Å². The third kappa shape index (κ3) is 4.34. The molecule has 1 aliphatic heterocycles. The van der Waals surface area contributed by atoms with E-state index in [2.05, 4.69) is 41.0 Å². The van der Waals surface area contributed by atoms with Gasteiger partial charge in [-0.1, -0.05) is 20.8 Å². The molecular formula is C18H28N6O. The summed E-state index contributed by atoms with van der Waals surface area (Å²) in [5.41, 5.74) is 3.04. The van der Waals surface area contributed by atoms with E-state index in [0.717, 1.165) is 42.9 Å². The lowest BCUT2D eigenvalue weighted by Gasteiger charge is -2.26. The smallest absolute Gasteiger partial charge is 0.216 e. The molecule has 1 aliphatic rings. The van der Waals surface area contributed by atoms with Crippen LogP contribution in [-0.4, -0.2) is 56.7 Å². The van der Waals surface area contributed by atoms with Gasteiger partial charge in [0.25, 0.3) is 0 Å². The predicted molar refractivity (Wildman–Crippen MR) is 97.3 cm³/mol. The summed E-state index contributed by atoms with van der Waals surface area (Å²) < 4.78 is 1.88. The molecule has 3 rings (SSSR count). The Hall–Kier alpha value is -2.02. The fourth-order valence-corrected chi connectivity index (χ4v) is 3.56. The molecular weight excluding hydrogens is 316 g/mol. The SMILES string of the molecule is CC(=O)NCCn1nc(C2CCN(CC(C)(C)C)C2)c2nccnc21. The zero-order valence-electron chi connectivity index (χ0n) is 15.6. The van der Waals surface area contributed by atoms with Gasteiger partial charge in [0.15, 0.2) is 5.65 Å². The first-order valence-corrected chi connectivity index (χ1v) is 8.98. The summed E-state index contributed by atoms with van der Waals surface area (Å²) in [6, 6.07) is 0. The van der Waals surface area contributed by atoms with Gasteiger partial charge in [0.2, 0.25) is 5.91 Å². The van der Waals surface area contributed by atoms with Crippen molar-refractivity contribution in [3.8, 4) is 0 Å². The molecule has 7 nitrogen and oxygen atoms in total. The summed E-state index contributed by atoms with van der Waals surface area (Å²) in [6.45, 7) is 12.7. The van der Waals surface area contributed by atoms with Gasteiger partial charge in [0.1, 0.15) is 5.52 Å². The molecule has 1 unspecified atom stereocenters. The van der Waals surface area contributed by atoms with Crippen LogP contribution in [0.1, 0.15) is 45.7 Å². The molecule has 2 aromatic rings. The van der Waals surface area contributed by atoms with Gasteiger partial charge in [-0.15, -0.1) is 0 Å². The van der Waals surface area contributed by atoms with E-state index in [1.54, 1.807) is 12.4 Å². The van der Waals surface area contributed by atoms with Crippen molar-refractivity contribution < 1.29 is 4.79 Å². The van der Waals surface area contributed by atoms with Gasteiger partial charge in [-0.3, -0.25) is 4.79 Å².